The zero-order chi connectivity index (χ0) is 24.3. The number of hydrogen-bond acceptors (Lipinski definition) is 7. The summed E-state index contributed by atoms with van der Waals surface area (Å²) in [6.45, 7) is 4.59. The molecular formula is C24H26N6O3S. The number of sulfonamides is 1. The van der Waals surface area contributed by atoms with E-state index >= 15 is 0 Å². The Kier molecular flexibility index (Phi) is 6.62. The fraction of sp³-hybridized carbons (Fsp3) is 0.208. The van der Waals surface area contributed by atoms with Crippen LogP contribution in [0, 0.1) is 0 Å². The van der Waals surface area contributed by atoms with Crippen LogP contribution in [0.2, 0.25) is 0 Å². The van der Waals surface area contributed by atoms with Gasteiger partial charge in [0.25, 0.3) is 10.0 Å². The molecule has 0 saturated heterocycles. The number of ether oxygens (including phenoxy) is 1. The second kappa shape index (κ2) is 9.62. The predicted octanol–water partition coefficient (Wildman–Crippen LogP) is 4.05. The number of hydrogen-bond donors (Lipinski definition) is 2. The Hall–Kier alpha value is -3.76. The van der Waals surface area contributed by atoms with E-state index in [1.807, 2.05) is 36.4 Å². The van der Waals surface area contributed by atoms with Crippen LogP contribution in [-0.4, -0.2) is 28.2 Å². The van der Waals surface area contributed by atoms with Crippen molar-refractivity contribution < 1.29 is 13.2 Å². The fourth-order valence-corrected chi connectivity index (χ4v) is 4.35. The Morgan fingerprint density at radius 1 is 1.09 bits per heavy atom. The second-order valence-electron chi connectivity index (χ2n) is 8.06. The molecule has 0 radical (unpaired) electrons. The van der Waals surface area contributed by atoms with Crippen LogP contribution < -0.4 is 15.2 Å². The average Bonchev–Trinajstić information content (AvgIpc) is 3.26. The van der Waals surface area contributed by atoms with Crippen LogP contribution in [-0.2, 0) is 23.6 Å². The van der Waals surface area contributed by atoms with Crippen molar-refractivity contribution in [3.05, 3.63) is 78.1 Å². The van der Waals surface area contributed by atoms with Crippen molar-refractivity contribution in [2.24, 2.45) is 12.8 Å². The number of aryl methyl sites for hydroxylation is 1. The van der Waals surface area contributed by atoms with E-state index in [2.05, 4.69) is 33.6 Å². The molecule has 0 atom stereocenters. The second-order valence-corrected chi connectivity index (χ2v) is 9.74. The molecule has 3 N–H and O–H groups in total. The van der Waals surface area contributed by atoms with Gasteiger partial charge in [-0.05, 0) is 29.2 Å². The molecule has 2 heterocycles. The van der Waals surface area contributed by atoms with E-state index in [0.29, 0.717) is 18.0 Å². The van der Waals surface area contributed by atoms with Crippen molar-refractivity contribution in [3.8, 4) is 22.9 Å². The molecule has 0 saturated carbocycles. The molecule has 4 rings (SSSR count). The smallest absolute Gasteiger partial charge is 0.267 e. The maximum Gasteiger partial charge on any atom is 0.267 e. The highest BCUT2D eigenvalue weighted by Gasteiger charge is 2.20. The van der Waals surface area contributed by atoms with Crippen molar-refractivity contribution in [3.63, 3.8) is 0 Å². The summed E-state index contributed by atoms with van der Waals surface area (Å²) in [5.41, 5.74) is 9.11. The van der Waals surface area contributed by atoms with Crippen LogP contribution in [0.15, 0.2) is 71.9 Å². The van der Waals surface area contributed by atoms with Gasteiger partial charge in [-0.2, -0.15) is 10.1 Å². The first kappa shape index (κ1) is 23.4. The van der Waals surface area contributed by atoms with Crippen molar-refractivity contribution in [2.75, 3.05) is 4.72 Å². The standard InChI is InChI=1S/C24H26N6O3S/c1-16(2)20-6-4-5-7-21(20)22-12-23(33-18-10-8-17(13-25)9-11-18)28-24(27-22)29-34(31,32)19-14-26-30(3)15-19/h4-12,14-16H,13,25H2,1-3H3,(H,27,28,29). The van der Waals surface area contributed by atoms with Gasteiger partial charge in [0.2, 0.25) is 11.8 Å². The number of nitrogens with zero attached hydrogens (tertiary/aromatic N) is 4. The third-order valence-electron chi connectivity index (χ3n) is 5.16. The third-order valence-corrected chi connectivity index (χ3v) is 6.44. The van der Waals surface area contributed by atoms with Gasteiger partial charge in [0.15, 0.2) is 0 Å². The van der Waals surface area contributed by atoms with Crippen molar-refractivity contribution in [1.29, 1.82) is 0 Å². The number of nitrogens with two attached hydrogens (primary N) is 1. The molecule has 9 nitrogen and oxygen atoms in total. The highest BCUT2D eigenvalue weighted by atomic mass is 32.2. The van der Waals surface area contributed by atoms with Gasteiger partial charge in [0.05, 0.1) is 11.9 Å². The molecule has 0 aliphatic carbocycles. The first-order valence-electron chi connectivity index (χ1n) is 10.7. The van der Waals surface area contributed by atoms with Gasteiger partial charge < -0.3 is 10.5 Å². The molecule has 0 unspecified atom stereocenters. The summed E-state index contributed by atoms with van der Waals surface area (Å²) < 4.78 is 35.6. The van der Waals surface area contributed by atoms with Crippen molar-refractivity contribution >= 4 is 16.0 Å². The van der Waals surface area contributed by atoms with E-state index in [-0.39, 0.29) is 22.6 Å². The van der Waals surface area contributed by atoms with Gasteiger partial charge in [0.1, 0.15) is 10.6 Å². The molecule has 176 valence electrons. The lowest BCUT2D eigenvalue weighted by atomic mass is 9.95. The van der Waals surface area contributed by atoms with Gasteiger partial charge in [0, 0.05) is 31.4 Å². The molecule has 0 fully saturated rings. The van der Waals surface area contributed by atoms with Gasteiger partial charge in [-0.15, -0.1) is 0 Å². The summed E-state index contributed by atoms with van der Waals surface area (Å²) in [6, 6.07) is 16.8. The zero-order valence-electron chi connectivity index (χ0n) is 19.1. The van der Waals surface area contributed by atoms with Crippen LogP contribution in [0.1, 0.15) is 30.9 Å². The Bertz CT molecular complexity index is 1400. The molecule has 0 aliphatic heterocycles. The quantitative estimate of drug-likeness (QED) is 0.391. The largest absolute Gasteiger partial charge is 0.439 e. The minimum Gasteiger partial charge on any atom is -0.439 e. The Labute approximate surface area is 198 Å². The molecule has 0 spiro atoms. The molecule has 10 heteroatoms. The highest BCUT2D eigenvalue weighted by Crippen LogP contribution is 2.32. The summed E-state index contributed by atoms with van der Waals surface area (Å²) in [6.07, 6.45) is 2.66. The minimum atomic E-state index is -3.94. The average molecular weight is 479 g/mol. The number of benzene rings is 2. The van der Waals surface area contributed by atoms with Crippen LogP contribution in [0.5, 0.6) is 11.6 Å². The molecule has 0 aliphatic rings. The summed E-state index contributed by atoms with van der Waals surface area (Å²) in [7, 11) is -2.30. The normalized spacial score (nSPS) is 11.6. The van der Waals surface area contributed by atoms with Crippen LogP contribution >= 0.6 is 0 Å². The van der Waals surface area contributed by atoms with Crippen LogP contribution in [0.25, 0.3) is 11.3 Å². The molecule has 2 aromatic heterocycles. The van der Waals surface area contributed by atoms with E-state index in [1.54, 1.807) is 25.2 Å². The summed E-state index contributed by atoms with van der Waals surface area (Å²) in [5.74, 6) is 0.872. The van der Waals surface area contributed by atoms with Gasteiger partial charge >= 0.3 is 0 Å². The van der Waals surface area contributed by atoms with Crippen molar-refractivity contribution in [1.82, 2.24) is 19.7 Å². The monoisotopic (exact) mass is 478 g/mol. The maximum absolute atomic E-state index is 12.9. The first-order valence-corrected chi connectivity index (χ1v) is 12.2. The SMILES string of the molecule is CC(C)c1ccccc1-c1cc(Oc2ccc(CN)cc2)nc(NS(=O)(=O)c2cnn(C)c2)n1. The highest BCUT2D eigenvalue weighted by molar-refractivity contribution is 7.92. The van der Waals surface area contributed by atoms with E-state index in [9.17, 15) is 8.42 Å². The fourth-order valence-electron chi connectivity index (χ4n) is 3.43. The van der Waals surface area contributed by atoms with Gasteiger partial charge in [-0.1, -0.05) is 50.2 Å². The van der Waals surface area contributed by atoms with E-state index < -0.39 is 10.0 Å². The number of aromatic nitrogens is 4. The van der Waals surface area contributed by atoms with E-state index in [0.717, 1.165) is 16.7 Å². The predicted molar refractivity (Wildman–Crippen MR) is 130 cm³/mol. The lowest BCUT2D eigenvalue weighted by Gasteiger charge is -2.15. The lowest BCUT2D eigenvalue weighted by Crippen LogP contribution is -2.15. The Morgan fingerprint density at radius 3 is 2.47 bits per heavy atom. The summed E-state index contributed by atoms with van der Waals surface area (Å²) in [4.78, 5) is 8.83. The van der Waals surface area contributed by atoms with Crippen LogP contribution in [0.4, 0.5) is 5.95 Å². The molecule has 34 heavy (non-hydrogen) atoms. The molecule has 2 aromatic carbocycles. The number of anilines is 1. The van der Waals surface area contributed by atoms with Gasteiger partial charge in [-0.25, -0.2) is 18.1 Å². The molecular weight excluding hydrogens is 452 g/mol. The van der Waals surface area contributed by atoms with Crippen molar-refractivity contribution in [2.45, 2.75) is 31.2 Å². The van der Waals surface area contributed by atoms with E-state index in [4.69, 9.17) is 10.5 Å². The zero-order valence-corrected chi connectivity index (χ0v) is 20.0. The van der Waals surface area contributed by atoms with E-state index in [1.165, 1.54) is 17.1 Å². The number of nitrogens with one attached hydrogen (secondary N) is 1. The Balaban J connectivity index is 1.77. The number of rotatable bonds is 8. The molecule has 4 aromatic rings. The third kappa shape index (κ3) is 5.24. The minimum absolute atomic E-state index is 0.00595. The summed E-state index contributed by atoms with van der Waals surface area (Å²) in [5, 5.41) is 3.93. The lowest BCUT2D eigenvalue weighted by molar-refractivity contribution is 0.462. The molecule has 0 amide bonds. The molecule has 0 bridgehead atoms. The van der Waals surface area contributed by atoms with Crippen LogP contribution in [0.3, 0.4) is 0 Å². The Morgan fingerprint density at radius 2 is 1.82 bits per heavy atom. The maximum atomic E-state index is 12.9. The topological polar surface area (TPSA) is 125 Å². The first-order chi connectivity index (χ1) is 16.2. The van der Waals surface area contributed by atoms with Gasteiger partial charge in [-0.3, -0.25) is 4.68 Å². The summed E-state index contributed by atoms with van der Waals surface area (Å²) >= 11 is 0.